The maximum Gasteiger partial charge on any atom is -0.00163 e. The molecule has 0 heterocycles. The quantitative estimate of drug-likeness (QED) is 0.653. The fourth-order valence-electron chi connectivity index (χ4n) is 0.754. The molecule has 0 aromatic rings. The van der Waals surface area contributed by atoms with Crippen molar-refractivity contribution in [3.05, 3.63) is 0 Å². The molecular weight excluding hydrogens is 136 g/mol. The zero-order valence-corrected chi connectivity index (χ0v) is 8.35. The summed E-state index contributed by atoms with van der Waals surface area (Å²) in [5.74, 6) is 0. The molecular formula is C9H22N2. The van der Waals surface area contributed by atoms with Gasteiger partial charge in [-0.05, 0) is 38.5 Å². The first-order chi connectivity index (χ1) is 5.02. The standard InChI is InChI=1S/C9H22N2/c1-5-11(4)7-6-9(2,3)8-10/h5-8,10H2,1-4H3. The third-order valence-corrected chi connectivity index (χ3v) is 2.26. The highest BCUT2D eigenvalue weighted by atomic mass is 15.1. The van der Waals surface area contributed by atoms with Crippen LogP contribution in [0.15, 0.2) is 0 Å². The summed E-state index contributed by atoms with van der Waals surface area (Å²) in [5.41, 5.74) is 5.92. The molecule has 0 atom stereocenters. The largest absolute Gasteiger partial charge is 0.330 e. The lowest BCUT2D eigenvalue weighted by atomic mass is 9.89. The monoisotopic (exact) mass is 158 g/mol. The minimum Gasteiger partial charge on any atom is -0.330 e. The molecule has 0 saturated carbocycles. The van der Waals surface area contributed by atoms with E-state index in [4.69, 9.17) is 5.73 Å². The van der Waals surface area contributed by atoms with E-state index in [0.29, 0.717) is 5.41 Å². The molecule has 0 unspecified atom stereocenters. The van der Waals surface area contributed by atoms with Gasteiger partial charge in [0.05, 0.1) is 0 Å². The molecule has 0 bridgehead atoms. The average Bonchev–Trinajstić information content (AvgIpc) is 2.00. The van der Waals surface area contributed by atoms with Gasteiger partial charge in [-0.25, -0.2) is 0 Å². The summed E-state index contributed by atoms with van der Waals surface area (Å²) in [4.78, 5) is 2.32. The summed E-state index contributed by atoms with van der Waals surface area (Å²) in [6.45, 7) is 9.67. The van der Waals surface area contributed by atoms with Crippen molar-refractivity contribution in [3.63, 3.8) is 0 Å². The van der Waals surface area contributed by atoms with Crippen LogP contribution in [0.4, 0.5) is 0 Å². The molecule has 0 aliphatic rings. The molecule has 2 N–H and O–H groups in total. The van der Waals surface area contributed by atoms with Gasteiger partial charge >= 0.3 is 0 Å². The molecule has 68 valence electrons. The zero-order valence-electron chi connectivity index (χ0n) is 8.35. The summed E-state index contributed by atoms with van der Waals surface area (Å²) in [7, 11) is 2.15. The molecule has 0 aliphatic carbocycles. The van der Waals surface area contributed by atoms with Crippen molar-refractivity contribution in [2.45, 2.75) is 27.2 Å². The molecule has 0 saturated heterocycles. The molecule has 0 aromatic carbocycles. The molecule has 0 rings (SSSR count). The zero-order chi connectivity index (χ0) is 8.91. The Morgan fingerprint density at radius 2 is 1.91 bits per heavy atom. The molecule has 0 aliphatic heterocycles. The van der Waals surface area contributed by atoms with E-state index in [9.17, 15) is 0 Å². The van der Waals surface area contributed by atoms with Crippen molar-refractivity contribution in [1.29, 1.82) is 0 Å². The lowest BCUT2D eigenvalue weighted by molar-refractivity contribution is 0.261. The first-order valence-electron chi connectivity index (χ1n) is 4.40. The van der Waals surface area contributed by atoms with Gasteiger partial charge in [-0.2, -0.15) is 0 Å². The smallest absolute Gasteiger partial charge is 0.00163 e. The van der Waals surface area contributed by atoms with Crippen LogP contribution in [-0.2, 0) is 0 Å². The van der Waals surface area contributed by atoms with Crippen LogP contribution in [0, 0.1) is 5.41 Å². The van der Waals surface area contributed by atoms with Crippen molar-refractivity contribution in [1.82, 2.24) is 4.90 Å². The number of nitrogens with two attached hydrogens (primary N) is 1. The highest BCUT2D eigenvalue weighted by molar-refractivity contribution is 4.70. The summed E-state index contributed by atoms with van der Waals surface area (Å²) < 4.78 is 0. The van der Waals surface area contributed by atoms with Gasteiger partial charge in [-0.1, -0.05) is 20.8 Å². The van der Waals surface area contributed by atoms with Gasteiger partial charge in [0, 0.05) is 0 Å². The second kappa shape index (κ2) is 4.73. The van der Waals surface area contributed by atoms with Gasteiger partial charge < -0.3 is 10.6 Å². The fraction of sp³-hybridized carbons (Fsp3) is 1.00. The highest BCUT2D eigenvalue weighted by Gasteiger charge is 2.15. The van der Waals surface area contributed by atoms with E-state index < -0.39 is 0 Å². The number of hydrogen-bond donors (Lipinski definition) is 1. The van der Waals surface area contributed by atoms with E-state index in [-0.39, 0.29) is 0 Å². The molecule has 2 nitrogen and oxygen atoms in total. The third kappa shape index (κ3) is 5.22. The van der Waals surface area contributed by atoms with Gasteiger partial charge in [-0.3, -0.25) is 0 Å². The van der Waals surface area contributed by atoms with Gasteiger partial charge in [0.25, 0.3) is 0 Å². The molecule has 0 spiro atoms. The Bertz CT molecular complexity index is 99.7. The number of nitrogens with zero attached hydrogens (tertiary/aromatic N) is 1. The van der Waals surface area contributed by atoms with Crippen LogP contribution in [0.1, 0.15) is 27.2 Å². The van der Waals surface area contributed by atoms with Gasteiger partial charge in [0.15, 0.2) is 0 Å². The Balaban J connectivity index is 3.52. The van der Waals surface area contributed by atoms with E-state index >= 15 is 0 Å². The van der Waals surface area contributed by atoms with E-state index in [1.165, 1.54) is 6.42 Å². The molecule has 2 heteroatoms. The van der Waals surface area contributed by atoms with Crippen LogP contribution in [0.2, 0.25) is 0 Å². The molecule has 0 amide bonds. The Labute approximate surface area is 70.8 Å². The molecule has 0 aromatic heterocycles. The average molecular weight is 158 g/mol. The molecule has 0 radical (unpaired) electrons. The van der Waals surface area contributed by atoms with E-state index in [2.05, 4.69) is 32.7 Å². The second-order valence-corrected chi connectivity index (χ2v) is 4.01. The highest BCUT2D eigenvalue weighted by Crippen LogP contribution is 2.17. The second-order valence-electron chi connectivity index (χ2n) is 4.01. The predicted octanol–water partition coefficient (Wildman–Crippen LogP) is 1.31. The predicted molar refractivity (Wildman–Crippen MR) is 50.6 cm³/mol. The summed E-state index contributed by atoms with van der Waals surface area (Å²) >= 11 is 0. The minimum absolute atomic E-state index is 0.309. The fourth-order valence-corrected chi connectivity index (χ4v) is 0.754. The Hall–Kier alpha value is -0.0800. The van der Waals surface area contributed by atoms with Gasteiger partial charge in [0.1, 0.15) is 0 Å². The van der Waals surface area contributed by atoms with Crippen molar-refractivity contribution >= 4 is 0 Å². The Morgan fingerprint density at radius 1 is 1.36 bits per heavy atom. The van der Waals surface area contributed by atoms with Crippen LogP contribution in [0.25, 0.3) is 0 Å². The van der Waals surface area contributed by atoms with Crippen molar-refractivity contribution in [3.8, 4) is 0 Å². The van der Waals surface area contributed by atoms with Crippen LogP contribution in [0.5, 0.6) is 0 Å². The topological polar surface area (TPSA) is 29.3 Å². The van der Waals surface area contributed by atoms with Crippen LogP contribution >= 0.6 is 0 Å². The van der Waals surface area contributed by atoms with E-state index in [1.807, 2.05) is 0 Å². The normalized spacial score (nSPS) is 12.5. The van der Waals surface area contributed by atoms with Gasteiger partial charge in [0.2, 0.25) is 0 Å². The number of hydrogen-bond acceptors (Lipinski definition) is 2. The maximum absolute atomic E-state index is 5.62. The summed E-state index contributed by atoms with van der Waals surface area (Å²) in [6, 6.07) is 0. The summed E-state index contributed by atoms with van der Waals surface area (Å²) in [5, 5.41) is 0. The van der Waals surface area contributed by atoms with E-state index in [0.717, 1.165) is 19.6 Å². The SMILES string of the molecule is CCN(C)CCC(C)(C)CN. The van der Waals surface area contributed by atoms with Crippen LogP contribution < -0.4 is 5.73 Å². The third-order valence-electron chi connectivity index (χ3n) is 2.26. The summed E-state index contributed by atoms with van der Waals surface area (Å²) in [6.07, 6.45) is 1.19. The molecule has 0 fully saturated rings. The van der Waals surface area contributed by atoms with Crippen LogP contribution in [0.3, 0.4) is 0 Å². The lowest BCUT2D eigenvalue weighted by Gasteiger charge is -2.25. The molecule has 11 heavy (non-hydrogen) atoms. The van der Waals surface area contributed by atoms with Crippen molar-refractivity contribution in [2.75, 3.05) is 26.7 Å². The first-order valence-corrected chi connectivity index (χ1v) is 4.40. The van der Waals surface area contributed by atoms with E-state index in [1.54, 1.807) is 0 Å². The Kier molecular flexibility index (Phi) is 4.69. The first kappa shape index (κ1) is 10.9. The van der Waals surface area contributed by atoms with Crippen molar-refractivity contribution in [2.24, 2.45) is 11.1 Å². The van der Waals surface area contributed by atoms with Crippen LogP contribution in [-0.4, -0.2) is 31.6 Å². The van der Waals surface area contributed by atoms with Gasteiger partial charge in [-0.15, -0.1) is 0 Å². The Morgan fingerprint density at radius 3 is 2.27 bits per heavy atom. The maximum atomic E-state index is 5.62. The lowest BCUT2D eigenvalue weighted by Crippen LogP contribution is -2.29. The minimum atomic E-state index is 0.309. The number of rotatable bonds is 5. The van der Waals surface area contributed by atoms with Crippen molar-refractivity contribution < 1.29 is 0 Å².